The second-order valence-electron chi connectivity index (χ2n) is 3.31. The first-order chi connectivity index (χ1) is 7.24. The zero-order valence-electron chi connectivity index (χ0n) is 9.37. The van der Waals surface area contributed by atoms with Gasteiger partial charge in [-0.3, -0.25) is 9.18 Å². The SMILES string of the molecule is CC(C)c1cccc(COC=O)c1.CF. The third-order valence-corrected chi connectivity index (χ3v) is 1.94. The summed E-state index contributed by atoms with van der Waals surface area (Å²) >= 11 is 0. The van der Waals surface area contributed by atoms with E-state index < -0.39 is 0 Å². The fraction of sp³-hybridized carbons (Fsp3) is 0.417. The van der Waals surface area contributed by atoms with Gasteiger partial charge >= 0.3 is 0 Å². The smallest absolute Gasteiger partial charge is 0.293 e. The topological polar surface area (TPSA) is 26.3 Å². The summed E-state index contributed by atoms with van der Waals surface area (Å²) < 4.78 is 14.2. The van der Waals surface area contributed by atoms with Crippen LogP contribution in [0, 0.1) is 0 Å². The second-order valence-corrected chi connectivity index (χ2v) is 3.31. The molecule has 0 aliphatic heterocycles. The van der Waals surface area contributed by atoms with Gasteiger partial charge in [-0.2, -0.15) is 0 Å². The number of halogens is 1. The van der Waals surface area contributed by atoms with E-state index in [0.29, 0.717) is 26.2 Å². The Kier molecular flexibility index (Phi) is 7.24. The van der Waals surface area contributed by atoms with Crippen molar-refractivity contribution >= 4 is 6.47 Å². The van der Waals surface area contributed by atoms with Gasteiger partial charge in [0.2, 0.25) is 0 Å². The van der Waals surface area contributed by atoms with Crippen molar-refractivity contribution in [3.05, 3.63) is 35.4 Å². The summed E-state index contributed by atoms with van der Waals surface area (Å²) in [6.45, 7) is 5.12. The number of carbonyl (C=O) groups is 1. The lowest BCUT2D eigenvalue weighted by Crippen LogP contribution is -1.93. The maximum absolute atomic E-state index is 9.97. The normalized spacial score (nSPS) is 9.13. The van der Waals surface area contributed by atoms with Gasteiger partial charge in [-0.05, 0) is 17.0 Å². The van der Waals surface area contributed by atoms with E-state index in [0.717, 1.165) is 5.56 Å². The van der Waals surface area contributed by atoms with E-state index in [-0.39, 0.29) is 0 Å². The van der Waals surface area contributed by atoms with E-state index in [4.69, 9.17) is 0 Å². The second kappa shape index (κ2) is 7.97. The van der Waals surface area contributed by atoms with Crippen LogP contribution in [0.4, 0.5) is 4.39 Å². The first-order valence-corrected chi connectivity index (χ1v) is 4.76. The summed E-state index contributed by atoms with van der Waals surface area (Å²) in [5, 5.41) is 0. The highest BCUT2D eigenvalue weighted by atomic mass is 19.1. The van der Waals surface area contributed by atoms with Gasteiger partial charge in [-0.25, -0.2) is 0 Å². The van der Waals surface area contributed by atoms with Crippen molar-refractivity contribution in [3.63, 3.8) is 0 Å². The average Bonchev–Trinajstić information content (AvgIpc) is 2.29. The Morgan fingerprint density at radius 3 is 2.60 bits per heavy atom. The molecule has 84 valence electrons. The first-order valence-electron chi connectivity index (χ1n) is 4.76. The van der Waals surface area contributed by atoms with Crippen LogP contribution in [0.25, 0.3) is 0 Å². The summed E-state index contributed by atoms with van der Waals surface area (Å²) in [5.74, 6) is 0.510. The van der Waals surface area contributed by atoms with Crippen LogP contribution in [0.15, 0.2) is 24.3 Å². The van der Waals surface area contributed by atoms with Crippen molar-refractivity contribution in [2.24, 2.45) is 0 Å². The molecule has 1 aromatic rings. The highest BCUT2D eigenvalue weighted by Crippen LogP contribution is 2.15. The summed E-state index contributed by atoms with van der Waals surface area (Å²) in [4.78, 5) is 9.97. The molecule has 0 amide bonds. The zero-order valence-corrected chi connectivity index (χ0v) is 9.37. The lowest BCUT2D eigenvalue weighted by Gasteiger charge is -2.06. The van der Waals surface area contributed by atoms with Crippen molar-refractivity contribution in [2.75, 3.05) is 7.18 Å². The number of rotatable bonds is 4. The maximum Gasteiger partial charge on any atom is 0.293 e. The fourth-order valence-corrected chi connectivity index (χ4v) is 1.17. The largest absolute Gasteiger partial charge is 0.463 e. The molecule has 0 aliphatic carbocycles. The van der Waals surface area contributed by atoms with E-state index in [2.05, 4.69) is 30.7 Å². The number of benzene rings is 1. The van der Waals surface area contributed by atoms with E-state index in [9.17, 15) is 9.18 Å². The Labute approximate surface area is 90.1 Å². The molecule has 0 atom stereocenters. The molecule has 0 unspecified atom stereocenters. The minimum atomic E-state index is 0.365. The third-order valence-electron chi connectivity index (χ3n) is 1.94. The predicted molar refractivity (Wildman–Crippen MR) is 58.4 cm³/mol. The van der Waals surface area contributed by atoms with Crippen molar-refractivity contribution in [1.82, 2.24) is 0 Å². The highest BCUT2D eigenvalue weighted by Gasteiger charge is 1.99. The van der Waals surface area contributed by atoms with Crippen molar-refractivity contribution in [1.29, 1.82) is 0 Å². The number of alkyl halides is 1. The van der Waals surface area contributed by atoms with Crippen LogP contribution in [0.1, 0.15) is 30.9 Å². The van der Waals surface area contributed by atoms with Crippen molar-refractivity contribution < 1.29 is 13.9 Å². The average molecular weight is 212 g/mol. The Hall–Kier alpha value is -1.38. The Balaban J connectivity index is 0.000000921. The minimum Gasteiger partial charge on any atom is -0.463 e. The van der Waals surface area contributed by atoms with Crippen LogP contribution < -0.4 is 0 Å². The van der Waals surface area contributed by atoms with E-state index in [1.807, 2.05) is 12.1 Å². The van der Waals surface area contributed by atoms with Crippen LogP contribution >= 0.6 is 0 Å². The van der Waals surface area contributed by atoms with Crippen molar-refractivity contribution in [3.8, 4) is 0 Å². The maximum atomic E-state index is 9.97. The Bertz CT molecular complexity index is 285. The van der Waals surface area contributed by atoms with Gasteiger partial charge in [0.25, 0.3) is 6.47 Å². The molecule has 0 radical (unpaired) electrons. The van der Waals surface area contributed by atoms with Crippen LogP contribution in [0.3, 0.4) is 0 Å². The molecule has 0 aliphatic rings. The zero-order chi connectivity index (χ0) is 11.7. The minimum absolute atomic E-state index is 0.365. The molecular formula is C12H17FO2. The van der Waals surface area contributed by atoms with Gasteiger partial charge in [-0.1, -0.05) is 38.1 Å². The highest BCUT2D eigenvalue weighted by molar-refractivity contribution is 5.37. The Morgan fingerprint density at radius 2 is 2.07 bits per heavy atom. The first kappa shape index (κ1) is 13.6. The summed E-state index contributed by atoms with van der Waals surface area (Å²) in [6.07, 6.45) is 0. The molecule has 1 aromatic carbocycles. The molecule has 0 N–H and O–H groups in total. The van der Waals surface area contributed by atoms with Gasteiger partial charge in [-0.15, -0.1) is 0 Å². The molecule has 0 spiro atoms. The van der Waals surface area contributed by atoms with Crippen LogP contribution in [-0.4, -0.2) is 13.6 Å². The molecule has 0 aromatic heterocycles. The van der Waals surface area contributed by atoms with Gasteiger partial charge in [0.1, 0.15) is 6.61 Å². The summed E-state index contributed by atoms with van der Waals surface area (Å²) in [6, 6.07) is 8.08. The molecule has 0 saturated carbocycles. The molecular weight excluding hydrogens is 195 g/mol. The van der Waals surface area contributed by atoms with Gasteiger partial charge in [0.15, 0.2) is 0 Å². The molecule has 1 rings (SSSR count). The van der Waals surface area contributed by atoms with Crippen LogP contribution in [0.2, 0.25) is 0 Å². The molecule has 3 heteroatoms. The van der Waals surface area contributed by atoms with Crippen molar-refractivity contribution in [2.45, 2.75) is 26.4 Å². The van der Waals surface area contributed by atoms with E-state index in [1.54, 1.807) is 0 Å². The molecule has 0 heterocycles. The number of ether oxygens (including phenoxy) is 1. The lowest BCUT2D eigenvalue weighted by atomic mass is 10.0. The van der Waals surface area contributed by atoms with E-state index in [1.165, 1.54) is 5.56 Å². The standard InChI is InChI=1S/C11H14O2.CH3F/c1-9(2)11-5-3-4-10(6-11)7-13-8-12;1-2/h3-6,8-9H,7H2,1-2H3;1H3. The molecule has 15 heavy (non-hydrogen) atoms. The van der Waals surface area contributed by atoms with Gasteiger partial charge < -0.3 is 4.74 Å². The molecule has 0 fully saturated rings. The Morgan fingerprint density at radius 1 is 1.40 bits per heavy atom. The lowest BCUT2D eigenvalue weighted by molar-refractivity contribution is -0.129. The summed E-state index contributed by atoms with van der Waals surface area (Å²) in [7, 11) is 0.500. The fourth-order valence-electron chi connectivity index (χ4n) is 1.17. The monoisotopic (exact) mass is 212 g/mol. The molecule has 0 saturated heterocycles. The van der Waals surface area contributed by atoms with Gasteiger partial charge in [0.05, 0.1) is 7.18 Å². The van der Waals surface area contributed by atoms with Crippen LogP contribution in [0.5, 0.6) is 0 Å². The third kappa shape index (κ3) is 5.15. The number of hydrogen-bond donors (Lipinski definition) is 0. The van der Waals surface area contributed by atoms with Gasteiger partial charge in [0, 0.05) is 0 Å². The molecule has 0 bridgehead atoms. The van der Waals surface area contributed by atoms with E-state index >= 15 is 0 Å². The predicted octanol–water partition coefficient (Wildman–Crippen LogP) is 3.07. The summed E-state index contributed by atoms with van der Waals surface area (Å²) in [5.41, 5.74) is 2.31. The quantitative estimate of drug-likeness (QED) is 0.717. The van der Waals surface area contributed by atoms with Crippen LogP contribution in [-0.2, 0) is 16.1 Å². The molecule has 2 nitrogen and oxygen atoms in total. The number of hydrogen-bond acceptors (Lipinski definition) is 2. The number of carbonyl (C=O) groups excluding carboxylic acids is 1.